The molecule has 0 saturated heterocycles. The molecule has 1 aromatic carbocycles. The molecular weight excluding hydrogens is 260 g/mol. The third kappa shape index (κ3) is 3.01. The molecule has 0 amide bonds. The van der Waals surface area contributed by atoms with Crippen LogP contribution in [0.3, 0.4) is 0 Å². The number of rotatable bonds is 4. The molecule has 0 bridgehead atoms. The van der Waals surface area contributed by atoms with E-state index in [4.69, 9.17) is 0 Å². The zero-order chi connectivity index (χ0) is 13.8. The van der Waals surface area contributed by atoms with Crippen LogP contribution in [0.5, 0.6) is 0 Å². The van der Waals surface area contributed by atoms with Crippen LogP contribution >= 0.6 is 0 Å². The zero-order valence-electron chi connectivity index (χ0n) is 9.76. The summed E-state index contributed by atoms with van der Waals surface area (Å²) in [6.07, 6.45) is 0.464. The number of pyridine rings is 1. The van der Waals surface area contributed by atoms with E-state index in [2.05, 4.69) is 10.3 Å². The minimum atomic E-state index is -1.67. The van der Waals surface area contributed by atoms with Gasteiger partial charge in [0.15, 0.2) is 0 Å². The van der Waals surface area contributed by atoms with Crippen LogP contribution in [0.2, 0.25) is 0 Å². The molecule has 2 rings (SSSR count). The van der Waals surface area contributed by atoms with Crippen LogP contribution in [0.4, 0.5) is 23.2 Å². The summed E-state index contributed by atoms with van der Waals surface area (Å²) in [7, 11) is 0. The zero-order valence-corrected chi connectivity index (χ0v) is 9.76. The fraction of sp³-hybridized carbons (Fsp3) is 0.154. The Morgan fingerprint density at radius 1 is 0.895 bits per heavy atom. The van der Waals surface area contributed by atoms with Crippen molar-refractivity contribution in [3.8, 4) is 0 Å². The Kier molecular flexibility index (Phi) is 3.99. The predicted octanol–water partition coefficient (Wildman–Crippen LogP) is 3.29. The molecule has 19 heavy (non-hydrogen) atoms. The van der Waals surface area contributed by atoms with E-state index in [1.807, 2.05) is 30.3 Å². The Balaban J connectivity index is 2.08. The number of aromatic nitrogens is 1. The quantitative estimate of drug-likeness (QED) is 0.681. The third-order valence-electron chi connectivity index (χ3n) is 2.56. The van der Waals surface area contributed by atoms with Gasteiger partial charge in [0.1, 0.15) is 5.69 Å². The highest BCUT2D eigenvalue weighted by Gasteiger charge is 2.20. The number of anilines is 1. The number of halogens is 4. The van der Waals surface area contributed by atoms with Crippen molar-refractivity contribution in [3.63, 3.8) is 0 Å². The van der Waals surface area contributed by atoms with E-state index in [1.54, 1.807) is 0 Å². The van der Waals surface area contributed by atoms with Gasteiger partial charge in [-0.15, -0.1) is 0 Å². The van der Waals surface area contributed by atoms with Crippen LogP contribution < -0.4 is 5.32 Å². The fourth-order valence-electron chi connectivity index (χ4n) is 1.62. The molecule has 0 aliphatic heterocycles. The van der Waals surface area contributed by atoms with Gasteiger partial charge in [-0.1, -0.05) is 30.3 Å². The topological polar surface area (TPSA) is 24.9 Å². The van der Waals surface area contributed by atoms with Gasteiger partial charge in [0.25, 0.3) is 11.9 Å². The molecule has 2 nitrogen and oxygen atoms in total. The number of nitrogens with one attached hydrogen (secondary N) is 1. The fourth-order valence-corrected chi connectivity index (χ4v) is 1.62. The Hall–Kier alpha value is -2.11. The van der Waals surface area contributed by atoms with Crippen molar-refractivity contribution in [2.75, 3.05) is 11.9 Å². The van der Waals surface area contributed by atoms with Crippen molar-refractivity contribution in [3.05, 3.63) is 59.4 Å². The molecule has 0 radical (unpaired) electrons. The van der Waals surface area contributed by atoms with E-state index >= 15 is 0 Å². The highest BCUT2D eigenvalue weighted by molar-refractivity contribution is 5.45. The van der Waals surface area contributed by atoms with Gasteiger partial charge in [-0.3, -0.25) is 0 Å². The minimum Gasteiger partial charge on any atom is -0.380 e. The maximum Gasteiger partial charge on any atom is 0.253 e. The maximum absolute atomic E-state index is 13.3. The third-order valence-corrected chi connectivity index (χ3v) is 2.56. The lowest BCUT2D eigenvalue weighted by Gasteiger charge is -2.09. The van der Waals surface area contributed by atoms with Gasteiger partial charge in [0, 0.05) is 6.54 Å². The Morgan fingerprint density at radius 2 is 1.47 bits per heavy atom. The average molecular weight is 270 g/mol. The normalized spacial score (nSPS) is 10.5. The molecule has 0 saturated carbocycles. The highest BCUT2D eigenvalue weighted by atomic mass is 19.2. The van der Waals surface area contributed by atoms with Crippen molar-refractivity contribution in [2.45, 2.75) is 6.42 Å². The van der Waals surface area contributed by atoms with Crippen LogP contribution in [0.1, 0.15) is 5.56 Å². The van der Waals surface area contributed by atoms with Gasteiger partial charge in [-0.25, -0.2) is 0 Å². The first-order chi connectivity index (χ1) is 9.09. The van der Waals surface area contributed by atoms with Crippen molar-refractivity contribution in [1.29, 1.82) is 0 Å². The maximum atomic E-state index is 13.3. The lowest BCUT2D eigenvalue weighted by molar-refractivity contribution is 0.410. The van der Waals surface area contributed by atoms with Crippen LogP contribution in [0.25, 0.3) is 0 Å². The van der Waals surface area contributed by atoms with E-state index in [0.29, 0.717) is 6.42 Å². The summed E-state index contributed by atoms with van der Waals surface area (Å²) in [5.41, 5.74) is 0.103. The minimum absolute atomic E-state index is 0.140. The Labute approximate surface area is 107 Å². The standard InChI is InChI=1S/C13H10F4N2/c14-9-11(10(15)13(17)19-12(9)16)18-7-6-8-4-2-1-3-5-8/h1-5H,6-7H2,(H,18,19). The van der Waals surface area contributed by atoms with Crippen LogP contribution in [-0.2, 0) is 6.42 Å². The second kappa shape index (κ2) is 5.69. The first-order valence-corrected chi connectivity index (χ1v) is 5.57. The summed E-state index contributed by atoms with van der Waals surface area (Å²) in [5.74, 6) is -6.37. The van der Waals surface area contributed by atoms with Crippen molar-refractivity contribution >= 4 is 5.69 Å². The van der Waals surface area contributed by atoms with Crippen LogP contribution in [0.15, 0.2) is 30.3 Å². The summed E-state index contributed by atoms with van der Waals surface area (Å²) in [6, 6.07) is 9.15. The Bertz CT molecular complexity index is 546. The first-order valence-electron chi connectivity index (χ1n) is 5.57. The van der Waals surface area contributed by atoms with Gasteiger partial charge >= 0.3 is 0 Å². The van der Waals surface area contributed by atoms with E-state index in [9.17, 15) is 17.6 Å². The van der Waals surface area contributed by atoms with Gasteiger partial charge in [-0.2, -0.15) is 22.5 Å². The summed E-state index contributed by atoms with van der Waals surface area (Å²) >= 11 is 0. The molecule has 1 heterocycles. The van der Waals surface area contributed by atoms with Crippen LogP contribution in [-0.4, -0.2) is 11.5 Å². The number of benzene rings is 1. The first kappa shape index (κ1) is 13.3. The molecule has 0 aliphatic rings. The molecule has 100 valence electrons. The smallest absolute Gasteiger partial charge is 0.253 e. The monoisotopic (exact) mass is 270 g/mol. The second-order valence-corrected chi connectivity index (χ2v) is 3.86. The molecule has 2 aromatic rings. The molecule has 0 fully saturated rings. The largest absolute Gasteiger partial charge is 0.380 e. The predicted molar refractivity (Wildman–Crippen MR) is 62.7 cm³/mol. The molecule has 1 N–H and O–H groups in total. The number of hydrogen-bond donors (Lipinski definition) is 1. The number of nitrogens with zero attached hydrogens (tertiary/aromatic N) is 1. The average Bonchev–Trinajstić information content (AvgIpc) is 2.42. The molecule has 1 aromatic heterocycles. The van der Waals surface area contributed by atoms with Crippen molar-refractivity contribution in [2.24, 2.45) is 0 Å². The lowest BCUT2D eigenvalue weighted by Crippen LogP contribution is -2.12. The van der Waals surface area contributed by atoms with Crippen molar-refractivity contribution in [1.82, 2.24) is 4.98 Å². The summed E-state index contributed by atoms with van der Waals surface area (Å²) < 4.78 is 52.2. The summed E-state index contributed by atoms with van der Waals surface area (Å²) in [4.78, 5) is 2.48. The summed E-state index contributed by atoms with van der Waals surface area (Å²) in [6.45, 7) is 0.140. The molecule has 0 aliphatic carbocycles. The van der Waals surface area contributed by atoms with Crippen LogP contribution in [0, 0.1) is 23.5 Å². The van der Waals surface area contributed by atoms with E-state index in [1.165, 1.54) is 0 Å². The number of hydrogen-bond acceptors (Lipinski definition) is 2. The van der Waals surface area contributed by atoms with Gasteiger partial charge in [-0.05, 0) is 12.0 Å². The molecule has 0 atom stereocenters. The molecule has 6 heteroatoms. The SMILES string of the molecule is Fc1nc(F)c(F)c(NCCc2ccccc2)c1F. The highest BCUT2D eigenvalue weighted by Crippen LogP contribution is 2.21. The van der Waals surface area contributed by atoms with Gasteiger partial charge in [0.05, 0.1) is 0 Å². The molecular formula is C13H10F4N2. The van der Waals surface area contributed by atoms with E-state index in [0.717, 1.165) is 5.56 Å². The van der Waals surface area contributed by atoms with Crippen molar-refractivity contribution < 1.29 is 17.6 Å². The lowest BCUT2D eigenvalue weighted by atomic mass is 10.1. The molecule has 0 unspecified atom stereocenters. The van der Waals surface area contributed by atoms with Gasteiger partial charge < -0.3 is 5.32 Å². The van der Waals surface area contributed by atoms with E-state index in [-0.39, 0.29) is 6.54 Å². The summed E-state index contributed by atoms with van der Waals surface area (Å²) in [5, 5.41) is 2.34. The van der Waals surface area contributed by atoms with Gasteiger partial charge in [0.2, 0.25) is 11.6 Å². The molecule has 0 spiro atoms. The van der Waals surface area contributed by atoms with E-state index < -0.39 is 29.2 Å². The second-order valence-electron chi connectivity index (χ2n) is 3.86. The Morgan fingerprint density at radius 3 is 2.05 bits per heavy atom.